The SMILES string of the molecule is CCOC(=O)c1nc(CC2CCCCCC2)n(C)n1. The highest BCUT2D eigenvalue weighted by molar-refractivity contribution is 5.84. The van der Waals surface area contributed by atoms with E-state index in [1.807, 2.05) is 7.05 Å². The van der Waals surface area contributed by atoms with Crippen molar-refractivity contribution in [2.75, 3.05) is 6.61 Å². The molecule has 0 spiro atoms. The molecule has 0 saturated heterocycles. The van der Waals surface area contributed by atoms with E-state index >= 15 is 0 Å². The number of hydrogen-bond donors (Lipinski definition) is 0. The topological polar surface area (TPSA) is 57.0 Å². The van der Waals surface area contributed by atoms with Crippen LogP contribution in [0.5, 0.6) is 0 Å². The quantitative estimate of drug-likeness (QED) is 0.620. The number of aromatic nitrogens is 3. The summed E-state index contributed by atoms with van der Waals surface area (Å²) in [5, 5.41) is 4.15. The van der Waals surface area contributed by atoms with E-state index < -0.39 is 5.97 Å². The van der Waals surface area contributed by atoms with Crippen molar-refractivity contribution in [2.24, 2.45) is 13.0 Å². The minimum absolute atomic E-state index is 0.188. The minimum Gasteiger partial charge on any atom is -0.460 e. The van der Waals surface area contributed by atoms with Gasteiger partial charge in [0.15, 0.2) is 0 Å². The maximum absolute atomic E-state index is 11.6. The molecule has 0 radical (unpaired) electrons. The monoisotopic (exact) mass is 265 g/mol. The molecule has 5 heteroatoms. The minimum atomic E-state index is -0.426. The molecule has 19 heavy (non-hydrogen) atoms. The Morgan fingerprint density at radius 3 is 2.63 bits per heavy atom. The molecule has 1 aromatic heterocycles. The molecule has 1 aliphatic rings. The summed E-state index contributed by atoms with van der Waals surface area (Å²) in [6.07, 6.45) is 8.78. The molecule has 0 unspecified atom stereocenters. The van der Waals surface area contributed by atoms with Crippen LogP contribution in [0.25, 0.3) is 0 Å². The van der Waals surface area contributed by atoms with Crippen LogP contribution in [0.15, 0.2) is 0 Å². The molecule has 0 amide bonds. The van der Waals surface area contributed by atoms with E-state index in [4.69, 9.17) is 4.74 Å². The summed E-state index contributed by atoms with van der Waals surface area (Å²) in [6.45, 7) is 2.14. The second kappa shape index (κ2) is 6.68. The zero-order valence-electron chi connectivity index (χ0n) is 11.9. The van der Waals surface area contributed by atoms with Crippen molar-refractivity contribution in [3.05, 3.63) is 11.6 Å². The van der Waals surface area contributed by atoms with Gasteiger partial charge in [0.1, 0.15) is 5.82 Å². The lowest BCUT2D eigenvalue weighted by atomic mass is 9.96. The predicted octanol–water partition coefficient (Wildman–Crippen LogP) is 2.50. The fraction of sp³-hybridized carbons (Fsp3) is 0.786. The number of ether oxygens (including phenoxy) is 1. The number of esters is 1. The van der Waals surface area contributed by atoms with Gasteiger partial charge in [-0.15, -0.1) is 5.10 Å². The van der Waals surface area contributed by atoms with Crippen LogP contribution >= 0.6 is 0 Å². The van der Waals surface area contributed by atoms with Gasteiger partial charge in [0.2, 0.25) is 0 Å². The molecule has 1 heterocycles. The zero-order valence-corrected chi connectivity index (χ0v) is 11.9. The summed E-state index contributed by atoms with van der Waals surface area (Å²) in [5.74, 6) is 1.34. The van der Waals surface area contributed by atoms with Crippen molar-refractivity contribution >= 4 is 5.97 Å². The van der Waals surface area contributed by atoms with E-state index in [1.165, 1.54) is 38.5 Å². The normalized spacial score (nSPS) is 17.2. The second-order valence-electron chi connectivity index (χ2n) is 5.26. The first-order valence-corrected chi connectivity index (χ1v) is 7.27. The molecule has 1 saturated carbocycles. The third-order valence-corrected chi connectivity index (χ3v) is 3.76. The number of aryl methyl sites for hydroxylation is 1. The van der Waals surface area contributed by atoms with Crippen LogP contribution in [0.2, 0.25) is 0 Å². The third kappa shape index (κ3) is 3.78. The van der Waals surface area contributed by atoms with Crippen molar-refractivity contribution in [1.29, 1.82) is 0 Å². The van der Waals surface area contributed by atoms with Gasteiger partial charge in [-0.05, 0) is 12.8 Å². The average Bonchev–Trinajstić information content (AvgIpc) is 2.61. The smallest absolute Gasteiger partial charge is 0.378 e. The van der Waals surface area contributed by atoms with Crippen molar-refractivity contribution in [1.82, 2.24) is 14.8 Å². The van der Waals surface area contributed by atoms with Gasteiger partial charge in [-0.1, -0.05) is 38.5 Å². The molecular formula is C14H23N3O2. The fourth-order valence-electron chi connectivity index (χ4n) is 2.70. The van der Waals surface area contributed by atoms with Crippen molar-refractivity contribution in [3.8, 4) is 0 Å². The van der Waals surface area contributed by atoms with E-state index in [2.05, 4.69) is 10.1 Å². The largest absolute Gasteiger partial charge is 0.460 e. The molecule has 5 nitrogen and oxygen atoms in total. The molecule has 1 aromatic rings. The van der Waals surface area contributed by atoms with Gasteiger partial charge in [0.05, 0.1) is 6.61 Å². The first kappa shape index (κ1) is 14.0. The van der Waals surface area contributed by atoms with E-state index in [0.717, 1.165) is 12.2 Å². The summed E-state index contributed by atoms with van der Waals surface area (Å²) in [4.78, 5) is 15.9. The number of nitrogens with zero attached hydrogens (tertiary/aromatic N) is 3. The van der Waals surface area contributed by atoms with Crippen LogP contribution < -0.4 is 0 Å². The molecule has 1 fully saturated rings. The van der Waals surface area contributed by atoms with Gasteiger partial charge in [-0.25, -0.2) is 9.78 Å². The molecule has 0 aromatic carbocycles. The maximum Gasteiger partial charge on any atom is 0.378 e. The standard InChI is InChI=1S/C14H23N3O2/c1-3-19-14(18)13-15-12(17(2)16-13)10-11-8-6-4-5-7-9-11/h11H,3-10H2,1-2H3. The Morgan fingerprint density at radius 2 is 2.00 bits per heavy atom. The van der Waals surface area contributed by atoms with E-state index in [-0.39, 0.29) is 5.82 Å². The Kier molecular flexibility index (Phi) is 4.93. The lowest BCUT2D eigenvalue weighted by Gasteiger charge is -2.12. The second-order valence-corrected chi connectivity index (χ2v) is 5.26. The molecule has 0 atom stereocenters. The lowest BCUT2D eigenvalue weighted by Crippen LogP contribution is -2.08. The van der Waals surface area contributed by atoms with Crippen molar-refractivity contribution in [3.63, 3.8) is 0 Å². The third-order valence-electron chi connectivity index (χ3n) is 3.76. The van der Waals surface area contributed by atoms with Crippen LogP contribution in [0, 0.1) is 5.92 Å². The van der Waals surface area contributed by atoms with Crippen LogP contribution in [0.3, 0.4) is 0 Å². The summed E-state index contributed by atoms with van der Waals surface area (Å²) >= 11 is 0. The molecule has 0 N–H and O–H groups in total. The fourth-order valence-corrected chi connectivity index (χ4v) is 2.70. The molecule has 1 aliphatic carbocycles. The summed E-state index contributed by atoms with van der Waals surface area (Å²) in [6, 6.07) is 0. The number of carbonyl (C=O) groups excluding carboxylic acids is 1. The molecule has 0 aliphatic heterocycles. The van der Waals surface area contributed by atoms with E-state index in [1.54, 1.807) is 11.6 Å². The van der Waals surface area contributed by atoms with Crippen LogP contribution in [-0.4, -0.2) is 27.3 Å². The highest BCUT2D eigenvalue weighted by Crippen LogP contribution is 2.25. The predicted molar refractivity (Wildman–Crippen MR) is 71.9 cm³/mol. The molecule has 106 valence electrons. The van der Waals surface area contributed by atoms with Crippen molar-refractivity contribution < 1.29 is 9.53 Å². The first-order valence-electron chi connectivity index (χ1n) is 7.27. The van der Waals surface area contributed by atoms with Crippen molar-refractivity contribution in [2.45, 2.75) is 51.9 Å². The Labute approximate surface area is 114 Å². The summed E-state index contributed by atoms with van der Waals surface area (Å²) in [5.41, 5.74) is 0. The Morgan fingerprint density at radius 1 is 1.32 bits per heavy atom. The number of rotatable bonds is 4. The molecular weight excluding hydrogens is 242 g/mol. The van der Waals surface area contributed by atoms with Gasteiger partial charge >= 0.3 is 5.97 Å². The van der Waals surface area contributed by atoms with E-state index in [0.29, 0.717) is 12.5 Å². The molecule has 2 rings (SSSR count). The Balaban J connectivity index is 2.01. The van der Waals surface area contributed by atoms with Gasteiger partial charge in [-0.3, -0.25) is 4.68 Å². The first-order chi connectivity index (χ1) is 9.20. The number of carbonyl (C=O) groups is 1. The van der Waals surface area contributed by atoms with Gasteiger partial charge < -0.3 is 4.74 Å². The highest BCUT2D eigenvalue weighted by atomic mass is 16.5. The van der Waals surface area contributed by atoms with Crippen LogP contribution in [0.4, 0.5) is 0 Å². The summed E-state index contributed by atoms with van der Waals surface area (Å²) < 4.78 is 6.65. The van der Waals surface area contributed by atoms with Gasteiger partial charge in [-0.2, -0.15) is 0 Å². The zero-order chi connectivity index (χ0) is 13.7. The summed E-state index contributed by atoms with van der Waals surface area (Å²) in [7, 11) is 1.85. The maximum atomic E-state index is 11.6. The lowest BCUT2D eigenvalue weighted by molar-refractivity contribution is 0.0511. The van der Waals surface area contributed by atoms with E-state index in [9.17, 15) is 4.79 Å². The van der Waals surface area contributed by atoms with Gasteiger partial charge in [0, 0.05) is 13.5 Å². The molecule has 0 bridgehead atoms. The highest BCUT2D eigenvalue weighted by Gasteiger charge is 2.19. The number of hydrogen-bond acceptors (Lipinski definition) is 4. The average molecular weight is 265 g/mol. The van der Waals surface area contributed by atoms with Gasteiger partial charge in [0.25, 0.3) is 5.82 Å². The van der Waals surface area contributed by atoms with Crippen LogP contribution in [-0.2, 0) is 18.2 Å². The van der Waals surface area contributed by atoms with Crippen LogP contribution in [0.1, 0.15) is 61.9 Å². The Bertz CT molecular complexity index is 420. The Hall–Kier alpha value is -1.39.